The predicted octanol–water partition coefficient (Wildman–Crippen LogP) is 6.68. The predicted molar refractivity (Wildman–Crippen MR) is 184 cm³/mol. The summed E-state index contributed by atoms with van der Waals surface area (Å²) in [6.07, 6.45) is 2.46. The molecular formula is C36H36Cl3N3O6. The molecule has 3 aromatic rings. The Morgan fingerprint density at radius 1 is 0.938 bits per heavy atom. The molecular weight excluding hydrogens is 677 g/mol. The quantitative estimate of drug-likeness (QED) is 0.235. The number of halogens is 3. The number of fused-ring (bicyclic) bond motifs is 3. The van der Waals surface area contributed by atoms with E-state index < -0.39 is 0 Å². The number of aryl methyl sites for hydroxylation is 1. The molecule has 2 fully saturated rings. The average Bonchev–Trinajstić information content (AvgIpc) is 3.79. The molecule has 0 unspecified atom stereocenters. The first-order valence-corrected chi connectivity index (χ1v) is 17.2. The Morgan fingerprint density at radius 2 is 1.62 bits per heavy atom. The zero-order valence-corrected chi connectivity index (χ0v) is 29.0. The zero-order chi connectivity index (χ0) is 33.5. The Kier molecular flexibility index (Phi) is 9.39. The lowest BCUT2D eigenvalue weighted by molar-refractivity contribution is -0.132. The highest BCUT2D eigenvalue weighted by molar-refractivity contribution is 6.37. The van der Waals surface area contributed by atoms with E-state index in [9.17, 15) is 9.59 Å². The molecule has 48 heavy (non-hydrogen) atoms. The Labute approximate surface area is 294 Å². The van der Waals surface area contributed by atoms with Gasteiger partial charge in [-0.15, -0.1) is 0 Å². The molecule has 3 heterocycles. The molecule has 1 N–H and O–H groups in total. The maximum absolute atomic E-state index is 14.7. The van der Waals surface area contributed by atoms with Gasteiger partial charge in [-0.05, 0) is 78.8 Å². The second kappa shape index (κ2) is 13.7. The zero-order valence-electron chi connectivity index (χ0n) is 26.7. The van der Waals surface area contributed by atoms with Crippen LogP contribution in [0.4, 0.5) is 0 Å². The monoisotopic (exact) mass is 711 g/mol. The standard InChI is InChI=1S/C36H36Cl3N3O6/c1-20-11-29(38)35(30(39)12-20)46-10-9-45-26-7-3-22(4-8-26)27-14-24-17-41(21(2)43)18-31(40-24)34(27)36(44)42(25-5-6-25)16-23-13-32-33(15-28(23)37)48-19-47-32/h3-4,7-8,11-13,15,24-25,31,40H,5-6,9-10,14,16-19H2,1-2H3/t24-,31-/m1/s1. The van der Waals surface area contributed by atoms with Gasteiger partial charge in [-0.2, -0.15) is 0 Å². The highest BCUT2D eigenvalue weighted by Gasteiger charge is 2.43. The molecule has 12 heteroatoms. The third-order valence-corrected chi connectivity index (χ3v) is 10.1. The summed E-state index contributed by atoms with van der Waals surface area (Å²) >= 11 is 19.3. The van der Waals surface area contributed by atoms with Gasteiger partial charge in [0.1, 0.15) is 19.0 Å². The number of benzene rings is 3. The SMILES string of the molecule is CC(=O)N1C[C@H]2CC(c3ccc(OCCOc4c(Cl)cc(C)cc4Cl)cc3)=C(C(=O)N(Cc3cc4c(cc3Cl)OCO4)C3CC3)[C@@H](C1)N2. The number of piperazine rings is 1. The van der Waals surface area contributed by atoms with Gasteiger partial charge in [0.15, 0.2) is 17.2 Å². The Hall–Kier alpha value is -3.63. The van der Waals surface area contributed by atoms with Crippen molar-refractivity contribution in [3.05, 3.63) is 85.9 Å². The van der Waals surface area contributed by atoms with Crippen molar-refractivity contribution in [3.8, 4) is 23.0 Å². The number of carbonyl (C=O) groups is 2. The van der Waals surface area contributed by atoms with Crippen molar-refractivity contribution in [2.24, 2.45) is 0 Å². The number of hydrogen-bond acceptors (Lipinski definition) is 7. The van der Waals surface area contributed by atoms with Crippen molar-refractivity contribution in [1.82, 2.24) is 15.1 Å². The second-order valence-electron chi connectivity index (χ2n) is 12.7. The number of nitrogens with zero attached hydrogens (tertiary/aromatic N) is 2. The fourth-order valence-corrected chi connectivity index (χ4v) is 7.59. The van der Waals surface area contributed by atoms with Crippen LogP contribution in [0.1, 0.15) is 42.9 Å². The molecule has 1 saturated carbocycles. The van der Waals surface area contributed by atoms with Gasteiger partial charge < -0.3 is 34.1 Å². The van der Waals surface area contributed by atoms with Crippen molar-refractivity contribution in [3.63, 3.8) is 0 Å². The van der Waals surface area contributed by atoms with Crippen LogP contribution in [-0.2, 0) is 16.1 Å². The van der Waals surface area contributed by atoms with Gasteiger partial charge in [-0.25, -0.2) is 0 Å². The summed E-state index contributed by atoms with van der Waals surface area (Å²) in [6, 6.07) is 14.9. The number of hydrogen-bond donors (Lipinski definition) is 1. The number of carbonyl (C=O) groups excluding carboxylic acids is 2. The Bertz CT molecular complexity index is 1750. The van der Waals surface area contributed by atoms with Gasteiger partial charge in [-0.1, -0.05) is 46.9 Å². The summed E-state index contributed by atoms with van der Waals surface area (Å²) in [6.45, 7) is 5.56. The van der Waals surface area contributed by atoms with E-state index in [1.807, 2.05) is 47.1 Å². The molecule has 0 spiro atoms. The third-order valence-electron chi connectivity index (χ3n) is 9.16. The third kappa shape index (κ3) is 6.92. The van der Waals surface area contributed by atoms with Crippen LogP contribution < -0.4 is 24.3 Å². The normalized spacial score (nSPS) is 19.7. The van der Waals surface area contributed by atoms with E-state index in [1.54, 1.807) is 25.1 Å². The number of ether oxygens (including phenoxy) is 4. The molecule has 1 saturated heterocycles. The summed E-state index contributed by atoms with van der Waals surface area (Å²) in [5.41, 5.74) is 4.38. The average molecular weight is 713 g/mol. The van der Waals surface area contributed by atoms with Crippen molar-refractivity contribution < 1.29 is 28.5 Å². The highest BCUT2D eigenvalue weighted by Crippen LogP contribution is 2.41. The minimum Gasteiger partial charge on any atom is -0.490 e. The lowest BCUT2D eigenvalue weighted by Gasteiger charge is -2.44. The van der Waals surface area contributed by atoms with E-state index in [2.05, 4.69) is 5.32 Å². The maximum Gasteiger partial charge on any atom is 0.252 e. The largest absolute Gasteiger partial charge is 0.490 e. The molecule has 4 aliphatic rings. The van der Waals surface area contributed by atoms with Crippen LogP contribution >= 0.6 is 34.8 Å². The molecule has 2 amide bonds. The first kappa shape index (κ1) is 32.9. The molecule has 7 rings (SSSR count). The van der Waals surface area contributed by atoms with Gasteiger partial charge in [0.2, 0.25) is 12.7 Å². The first-order chi connectivity index (χ1) is 23.1. The second-order valence-corrected chi connectivity index (χ2v) is 13.9. The molecule has 252 valence electrons. The van der Waals surface area contributed by atoms with Gasteiger partial charge in [0.05, 0.1) is 16.1 Å². The minimum absolute atomic E-state index is 0.00495. The molecule has 0 radical (unpaired) electrons. The molecule has 3 aromatic carbocycles. The van der Waals surface area contributed by atoms with Crippen LogP contribution in [0.15, 0.2) is 54.1 Å². The fourth-order valence-electron chi connectivity index (χ4n) is 6.68. The fraction of sp³-hybridized carbons (Fsp3) is 0.389. The van der Waals surface area contributed by atoms with Crippen molar-refractivity contribution in [2.75, 3.05) is 33.1 Å². The Morgan fingerprint density at radius 3 is 2.31 bits per heavy atom. The Balaban J connectivity index is 1.12. The number of rotatable bonds is 10. The minimum atomic E-state index is -0.300. The van der Waals surface area contributed by atoms with Crippen LogP contribution in [-0.4, -0.2) is 72.8 Å². The molecule has 2 bridgehead atoms. The van der Waals surface area contributed by atoms with Gasteiger partial charge >= 0.3 is 0 Å². The number of amides is 2. The van der Waals surface area contributed by atoms with Crippen LogP contribution in [0.25, 0.3) is 5.57 Å². The van der Waals surface area contributed by atoms with E-state index >= 15 is 0 Å². The van der Waals surface area contributed by atoms with E-state index in [0.717, 1.165) is 35.1 Å². The molecule has 0 aromatic heterocycles. The smallest absolute Gasteiger partial charge is 0.252 e. The highest BCUT2D eigenvalue weighted by atomic mass is 35.5. The van der Waals surface area contributed by atoms with E-state index in [-0.39, 0.29) is 43.3 Å². The van der Waals surface area contributed by atoms with Gasteiger partial charge in [0, 0.05) is 55.3 Å². The van der Waals surface area contributed by atoms with Crippen LogP contribution in [0.3, 0.4) is 0 Å². The van der Waals surface area contributed by atoms with E-state index in [4.69, 9.17) is 53.8 Å². The van der Waals surface area contributed by atoms with E-state index in [0.29, 0.717) is 76.3 Å². The van der Waals surface area contributed by atoms with Crippen LogP contribution in [0.2, 0.25) is 15.1 Å². The van der Waals surface area contributed by atoms with Crippen LogP contribution in [0.5, 0.6) is 23.0 Å². The lowest BCUT2D eigenvalue weighted by atomic mass is 9.82. The molecule has 3 aliphatic heterocycles. The van der Waals surface area contributed by atoms with Gasteiger partial charge in [-0.3, -0.25) is 9.59 Å². The summed E-state index contributed by atoms with van der Waals surface area (Å²) < 4.78 is 22.8. The van der Waals surface area contributed by atoms with Crippen LogP contribution in [0, 0.1) is 6.92 Å². The summed E-state index contributed by atoms with van der Waals surface area (Å²) in [5.74, 6) is 2.30. The van der Waals surface area contributed by atoms with Crippen molar-refractivity contribution >= 4 is 52.2 Å². The first-order valence-electron chi connectivity index (χ1n) is 16.1. The molecule has 9 nitrogen and oxygen atoms in total. The van der Waals surface area contributed by atoms with Crippen molar-refractivity contribution in [2.45, 2.75) is 57.8 Å². The summed E-state index contributed by atoms with van der Waals surface area (Å²) in [4.78, 5) is 30.9. The number of nitrogens with one attached hydrogen (secondary N) is 1. The summed E-state index contributed by atoms with van der Waals surface area (Å²) in [5, 5.41) is 5.09. The molecule has 1 aliphatic carbocycles. The molecule has 2 atom stereocenters. The summed E-state index contributed by atoms with van der Waals surface area (Å²) in [7, 11) is 0. The van der Waals surface area contributed by atoms with Crippen molar-refractivity contribution in [1.29, 1.82) is 0 Å². The lowest BCUT2D eigenvalue weighted by Crippen LogP contribution is -2.61. The maximum atomic E-state index is 14.7. The van der Waals surface area contributed by atoms with Gasteiger partial charge in [0.25, 0.3) is 5.91 Å². The van der Waals surface area contributed by atoms with E-state index in [1.165, 1.54) is 0 Å². The topological polar surface area (TPSA) is 89.6 Å².